The largest absolute Gasteiger partial charge is 0.466 e. The topological polar surface area (TPSA) is 127 Å². The number of hydrogen-bond acceptors (Lipinski definition) is 8. The van der Waals surface area contributed by atoms with E-state index in [0.29, 0.717) is 0 Å². The number of carbonyl (C=O) groups excluding carboxylic acids is 1. The molecule has 0 amide bonds. The summed E-state index contributed by atoms with van der Waals surface area (Å²) in [6.45, 7) is 1.88. The molecule has 3 rings (SSSR count). The van der Waals surface area contributed by atoms with Crippen LogP contribution in [0.2, 0.25) is 0 Å². The molecule has 0 aliphatic carbocycles. The molecule has 3 N–H and O–H groups in total. The molecule has 1 aliphatic heterocycles. The zero-order chi connectivity index (χ0) is 18.7. The number of carbonyl (C=O) groups is 1. The summed E-state index contributed by atoms with van der Waals surface area (Å²) in [4.78, 5) is 15.6. The van der Waals surface area contributed by atoms with E-state index in [1.807, 2.05) is 0 Å². The Bertz CT molecular complexity index is 889. The maximum absolute atomic E-state index is 14.2. The zero-order valence-electron chi connectivity index (χ0n) is 13.7. The summed E-state index contributed by atoms with van der Waals surface area (Å²) in [5.74, 6) is -2.24. The highest BCUT2D eigenvalue weighted by Gasteiger charge is 2.42. The Labute approximate surface area is 148 Å². The van der Waals surface area contributed by atoms with Gasteiger partial charge in [-0.25, -0.2) is 27.9 Å². The van der Waals surface area contributed by atoms with Crippen molar-refractivity contribution in [3.05, 3.63) is 36.7 Å². The van der Waals surface area contributed by atoms with Crippen LogP contribution in [0.5, 0.6) is 0 Å². The van der Waals surface area contributed by atoms with Gasteiger partial charge in [0.25, 0.3) is 10.0 Å². The van der Waals surface area contributed by atoms with E-state index in [9.17, 15) is 17.6 Å². The Morgan fingerprint density at radius 3 is 2.96 bits per heavy atom. The van der Waals surface area contributed by atoms with Crippen LogP contribution in [0.25, 0.3) is 5.69 Å². The van der Waals surface area contributed by atoms with Crippen molar-refractivity contribution in [3.8, 4) is 5.69 Å². The average molecular weight is 384 g/mol. The number of nitrogens with one attached hydrogen (secondary N) is 3. The lowest BCUT2D eigenvalue weighted by atomic mass is 10.2. The van der Waals surface area contributed by atoms with Crippen LogP contribution in [0.3, 0.4) is 0 Å². The Morgan fingerprint density at radius 1 is 1.50 bits per heavy atom. The van der Waals surface area contributed by atoms with E-state index in [1.54, 1.807) is 6.92 Å². The summed E-state index contributed by atoms with van der Waals surface area (Å²) in [6, 6.07) is 3.78. The molecular weight excluding hydrogens is 367 g/mol. The SMILES string of the molecule is CCOC(=O)C1CNNC1S(=O)(=O)Nc1ccc(-n2cncn2)c(F)c1. The van der Waals surface area contributed by atoms with Crippen LogP contribution in [-0.2, 0) is 19.6 Å². The van der Waals surface area contributed by atoms with Crippen molar-refractivity contribution in [2.75, 3.05) is 17.9 Å². The molecule has 12 heteroatoms. The molecule has 26 heavy (non-hydrogen) atoms. The normalized spacial score (nSPS) is 20.1. The maximum Gasteiger partial charge on any atom is 0.313 e. The first-order chi connectivity index (χ1) is 12.4. The van der Waals surface area contributed by atoms with Gasteiger partial charge in [-0.3, -0.25) is 14.9 Å². The number of sulfonamides is 1. The molecule has 2 heterocycles. The predicted molar refractivity (Wildman–Crippen MR) is 88.9 cm³/mol. The van der Waals surface area contributed by atoms with E-state index in [0.717, 1.165) is 6.07 Å². The van der Waals surface area contributed by atoms with Crippen LogP contribution in [0.15, 0.2) is 30.9 Å². The standard InChI is InChI=1S/C14H17FN6O4S/c1-2-25-14(22)10-6-17-19-13(10)26(23,24)20-9-3-4-12(11(15)5-9)21-8-16-7-18-21/h3-5,7-8,10,13,17,19-20H,2,6H2,1H3. The number of hydrazine groups is 1. The number of esters is 1. The molecule has 10 nitrogen and oxygen atoms in total. The minimum absolute atomic E-state index is 0.0164. The van der Waals surface area contributed by atoms with E-state index < -0.39 is 33.1 Å². The average Bonchev–Trinajstić information content (AvgIpc) is 3.27. The van der Waals surface area contributed by atoms with Crippen LogP contribution in [0, 0.1) is 11.7 Å². The van der Waals surface area contributed by atoms with Crippen molar-refractivity contribution in [1.82, 2.24) is 25.6 Å². The fraction of sp³-hybridized carbons (Fsp3) is 0.357. The summed E-state index contributed by atoms with van der Waals surface area (Å²) in [7, 11) is -4.03. The zero-order valence-corrected chi connectivity index (χ0v) is 14.5. The van der Waals surface area contributed by atoms with Gasteiger partial charge in [0.15, 0.2) is 11.2 Å². The van der Waals surface area contributed by atoms with Gasteiger partial charge < -0.3 is 4.74 Å². The number of nitrogens with zero attached hydrogens (tertiary/aromatic N) is 3. The minimum atomic E-state index is -4.03. The Balaban J connectivity index is 1.79. The van der Waals surface area contributed by atoms with Crippen LogP contribution < -0.4 is 15.6 Å². The smallest absolute Gasteiger partial charge is 0.313 e. The van der Waals surface area contributed by atoms with Crippen LogP contribution in [0.4, 0.5) is 10.1 Å². The summed E-state index contributed by atoms with van der Waals surface area (Å²) in [5, 5.41) is 2.57. The third kappa shape index (κ3) is 3.66. The molecule has 1 aromatic carbocycles. The van der Waals surface area contributed by atoms with Crippen molar-refractivity contribution >= 4 is 21.7 Å². The van der Waals surface area contributed by atoms with Gasteiger partial charge in [0.05, 0.1) is 12.3 Å². The van der Waals surface area contributed by atoms with Crippen molar-refractivity contribution in [2.24, 2.45) is 5.92 Å². The number of ether oxygens (including phenoxy) is 1. The van der Waals surface area contributed by atoms with Crippen molar-refractivity contribution < 1.29 is 22.3 Å². The number of aromatic nitrogens is 3. The molecule has 2 aromatic rings. The number of anilines is 1. The third-order valence-corrected chi connectivity index (χ3v) is 5.36. The van der Waals surface area contributed by atoms with Crippen LogP contribution in [0.1, 0.15) is 6.92 Å². The van der Waals surface area contributed by atoms with Gasteiger partial charge in [0.2, 0.25) is 0 Å². The molecule has 1 fully saturated rings. The van der Waals surface area contributed by atoms with E-state index in [2.05, 4.69) is 25.7 Å². The Kier molecular flexibility index (Phi) is 5.15. The molecular formula is C14H17FN6O4S. The molecule has 1 aliphatic rings. The number of benzene rings is 1. The monoisotopic (exact) mass is 384 g/mol. The summed E-state index contributed by atoms with van der Waals surface area (Å²) < 4.78 is 47.8. The summed E-state index contributed by atoms with van der Waals surface area (Å²) in [6.07, 6.45) is 2.57. The minimum Gasteiger partial charge on any atom is -0.466 e. The Morgan fingerprint density at radius 2 is 2.31 bits per heavy atom. The first-order valence-electron chi connectivity index (χ1n) is 7.73. The fourth-order valence-corrected chi connectivity index (χ4v) is 4.00. The molecule has 1 saturated heterocycles. The maximum atomic E-state index is 14.2. The number of hydrogen-bond donors (Lipinski definition) is 3. The highest BCUT2D eigenvalue weighted by atomic mass is 32.2. The second-order valence-electron chi connectivity index (χ2n) is 5.46. The van der Waals surface area contributed by atoms with Crippen molar-refractivity contribution in [3.63, 3.8) is 0 Å². The third-order valence-electron chi connectivity index (χ3n) is 3.73. The van der Waals surface area contributed by atoms with Crippen molar-refractivity contribution in [2.45, 2.75) is 12.3 Å². The predicted octanol–water partition coefficient (Wildman–Crippen LogP) is -0.239. The van der Waals surface area contributed by atoms with Gasteiger partial charge in [0.1, 0.15) is 24.3 Å². The highest BCUT2D eigenvalue weighted by molar-refractivity contribution is 7.93. The lowest BCUT2D eigenvalue weighted by molar-refractivity contribution is -0.147. The van der Waals surface area contributed by atoms with Gasteiger partial charge in [-0.05, 0) is 19.1 Å². The Hall–Kier alpha value is -2.57. The number of halogens is 1. The van der Waals surface area contributed by atoms with Crippen molar-refractivity contribution in [1.29, 1.82) is 0 Å². The number of rotatable bonds is 6. The van der Waals surface area contributed by atoms with Gasteiger partial charge in [-0.1, -0.05) is 0 Å². The molecule has 0 saturated carbocycles. The lowest BCUT2D eigenvalue weighted by Crippen LogP contribution is -2.44. The van der Waals surface area contributed by atoms with Gasteiger partial charge in [-0.2, -0.15) is 5.10 Å². The van der Waals surface area contributed by atoms with Gasteiger partial charge >= 0.3 is 5.97 Å². The first kappa shape index (κ1) is 18.2. The second kappa shape index (κ2) is 7.35. The fourth-order valence-electron chi connectivity index (χ4n) is 2.54. The van der Waals surface area contributed by atoms with Crippen LogP contribution in [-0.4, -0.2) is 47.7 Å². The van der Waals surface area contributed by atoms with E-state index in [-0.39, 0.29) is 24.5 Å². The molecule has 1 aromatic heterocycles. The summed E-state index contributed by atoms with van der Waals surface area (Å²) in [5.41, 5.74) is 5.30. The molecule has 2 unspecified atom stereocenters. The van der Waals surface area contributed by atoms with E-state index in [1.165, 1.54) is 29.5 Å². The lowest BCUT2D eigenvalue weighted by Gasteiger charge is -2.19. The van der Waals surface area contributed by atoms with E-state index >= 15 is 0 Å². The molecule has 0 radical (unpaired) electrons. The van der Waals surface area contributed by atoms with Gasteiger partial charge in [-0.15, -0.1) is 0 Å². The quantitative estimate of drug-likeness (QED) is 0.583. The van der Waals surface area contributed by atoms with E-state index in [4.69, 9.17) is 4.74 Å². The highest BCUT2D eigenvalue weighted by Crippen LogP contribution is 2.22. The first-order valence-corrected chi connectivity index (χ1v) is 9.28. The molecule has 0 spiro atoms. The van der Waals surface area contributed by atoms with Gasteiger partial charge in [0, 0.05) is 12.6 Å². The second-order valence-corrected chi connectivity index (χ2v) is 7.26. The summed E-state index contributed by atoms with van der Waals surface area (Å²) >= 11 is 0. The molecule has 0 bridgehead atoms. The molecule has 2 atom stereocenters. The molecule has 140 valence electrons. The van der Waals surface area contributed by atoms with Crippen LogP contribution >= 0.6 is 0 Å².